The summed E-state index contributed by atoms with van der Waals surface area (Å²) in [5.74, 6) is 0.716. The van der Waals surface area contributed by atoms with Crippen molar-refractivity contribution >= 4 is 35.8 Å². The maximum Gasteiger partial charge on any atom is 0.251 e. The Balaban J connectivity index is 0.00000392. The minimum atomic E-state index is -0.0242. The van der Waals surface area contributed by atoms with E-state index in [2.05, 4.69) is 32.9 Å². The predicted octanol–water partition coefficient (Wildman–Crippen LogP) is 3.48. The minimum absolute atomic E-state index is 0. The lowest BCUT2D eigenvalue weighted by Gasteiger charge is -2.11. The van der Waals surface area contributed by atoms with Crippen LogP contribution < -0.4 is 16.0 Å². The number of carbonyl (C=O) groups is 1. The molecule has 0 aliphatic rings. The van der Waals surface area contributed by atoms with Crippen molar-refractivity contribution in [2.75, 3.05) is 13.1 Å². The minimum Gasteiger partial charge on any atom is -0.357 e. The van der Waals surface area contributed by atoms with Gasteiger partial charge in [-0.15, -0.1) is 24.0 Å². The number of nitrogens with zero attached hydrogens (tertiary/aromatic N) is 2. The summed E-state index contributed by atoms with van der Waals surface area (Å²) >= 11 is 0. The zero-order valence-electron chi connectivity index (χ0n) is 16.6. The van der Waals surface area contributed by atoms with E-state index in [-0.39, 0.29) is 29.9 Å². The third-order valence-corrected chi connectivity index (χ3v) is 3.96. The number of pyridine rings is 1. The number of rotatable bonds is 9. The zero-order chi connectivity index (χ0) is 19.3. The van der Waals surface area contributed by atoms with Gasteiger partial charge in [0.2, 0.25) is 0 Å². The van der Waals surface area contributed by atoms with Crippen LogP contribution in [-0.2, 0) is 13.1 Å². The van der Waals surface area contributed by atoms with Gasteiger partial charge in [-0.2, -0.15) is 0 Å². The molecule has 6 nitrogen and oxygen atoms in total. The number of nitrogens with one attached hydrogen (secondary N) is 3. The standard InChI is InChI=1S/C21H29N5O.HI/c1-3-5-13-24-20(27)18-11-9-17(10-12-18)15-25-21(22-4-2)26-16-19-8-6-7-14-23-19;/h6-12,14H,3-5,13,15-16H2,1-2H3,(H,24,27)(H2,22,25,26);1H. The molecule has 2 aromatic rings. The normalized spacial score (nSPS) is 10.7. The number of guanidine groups is 1. The molecule has 0 aliphatic carbocycles. The van der Waals surface area contributed by atoms with Gasteiger partial charge in [-0.3, -0.25) is 9.78 Å². The summed E-state index contributed by atoms with van der Waals surface area (Å²) in [4.78, 5) is 20.9. The molecule has 28 heavy (non-hydrogen) atoms. The lowest BCUT2D eigenvalue weighted by Crippen LogP contribution is -2.37. The van der Waals surface area contributed by atoms with Gasteiger partial charge in [0.05, 0.1) is 18.8 Å². The van der Waals surface area contributed by atoms with Crippen LogP contribution in [0.5, 0.6) is 0 Å². The number of hydrogen-bond acceptors (Lipinski definition) is 3. The molecule has 1 aromatic carbocycles. The third kappa shape index (κ3) is 8.69. The molecule has 152 valence electrons. The van der Waals surface area contributed by atoms with E-state index >= 15 is 0 Å². The first-order valence-electron chi connectivity index (χ1n) is 9.52. The summed E-state index contributed by atoms with van der Waals surface area (Å²) in [6.45, 7) is 6.79. The molecule has 0 saturated heterocycles. The highest BCUT2D eigenvalue weighted by molar-refractivity contribution is 14.0. The average molecular weight is 495 g/mol. The van der Waals surface area contributed by atoms with Gasteiger partial charge < -0.3 is 16.0 Å². The molecular formula is C21H30IN5O. The summed E-state index contributed by atoms with van der Waals surface area (Å²) in [5, 5.41) is 9.43. The second kappa shape index (κ2) is 13.9. The molecule has 1 amide bonds. The van der Waals surface area contributed by atoms with Crippen LogP contribution in [0.3, 0.4) is 0 Å². The van der Waals surface area contributed by atoms with Crippen molar-refractivity contribution in [2.24, 2.45) is 4.99 Å². The molecule has 0 aliphatic heterocycles. The molecule has 7 heteroatoms. The van der Waals surface area contributed by atoms with Crippen LogP contribution >= 0.6 is 24.0 Å². The first-order chi connectivity index (χ1) is 13.2. The van der Waals surface area contributed by atoms with Gasteiger partial charge in [-0.05, 0) is 43.2 Å². The van der Waals surface area contributed by atoms with E-state index in [0.29, 0.717) is 18.7 Å². The summed E-state index contributed by atoms with van der Waals surface area (Å²) in [7, 11) is 0. The molecule has 0 atom stereocenters. The van der Waals surface area contributed by atoms with E-state index in [1.807, 2.05) is 49.4 Å². The first kappa shape index (κ1) is 23.9. The van der Waals surface area contributed by atoms with Gasteiger partial charge >= 0.3 is 0 Å². The Morgan fingerprint density at radius 3 is 2.46 bits per heavy atom. The zero-order valence-corrected chi connectivity index (χ0v) is 18.9. The van der Waals surface area contributed by atoms with E-state index in [9.17, 15) is 4.79 Å². The monoisotopic (exact) mass is 495 g/mol. The molecule has 0 radical (unpaired) electrons. The summed E-state index contributed by atoms with van der Waals surface area (Å²) in [6, 6.07) is 13.4. The van der Waals surface area contributed by atoms with Crippen LogP contribution in [0, 0.1) is 0 Å². The SMILES string of the molecule is CCCCNC(=O)c1ccc(CN=C(NCC)NCc2ccccn2)cc1.I. The van der Waals surface area contributed by atoms with E-state index < -0.39 is 0 Å². The number of unbranched alkanes of at least 4 members (excludes halogenated alkanes) is 1. The molecule has 1 aromatic heterocycles. The predicted molar refractivity (Wildman–Crippen MR) is 125 cm³/mol. The summed E-state index contributed by atoms with van der Waals surface area (Å²) in [5.41, 5.74) is 2.69. The van der Waals surface area contributed by atoms with Gasteiger partial charge in [0.1, 0.15) is 0 Å². The molecule has 0 unspecified atom stereocenters. The quantitative estimate of drug-likeness (QED) is 0.216. The molecule has 1 heterocycles. The Morgan fingerprint density at radius 2 is 1.82 bits per heavy atom. The number of aromatic nitrogens is 1. The van der Waals surface area contributed by atoms with E-state index in [0.717, 1.165) is 43.1 Å². The van der Waals surface area contributed by atoms with Crippen molar-refractivity contribution in [1.29, 1.82) is 0 Å². The first-order valence-corrected chi connectivity index (χ1v) is 9.52. The largest absolute Gasteiger partial charge is 0.357 e. The lowest BCUT2D eigenvalue weighted by atomic mass is 10.1. The molecule has 2 rings (SSSR count). The fourth-order valence-electron chi connectivity index (χ4n) is 2.43. The van der Waals surface area contributed by atoms with E-state index in [4.69, 9.17) is 0 Å². The van der Waals surface area contributed by atoms with Crippen molar-refractivity contribution in [2.45, 2.75) is 39.8 Å². The highest BCUT2D eigenvalue weighted by Crippen LogP contribution is 2.06. The smallest absolute Gasteiger partial charge is 0.251 e. The maximum absolute atomic E-state index is 12.0. The molecule has 0 fully saturated rings. The Hall–Kier alpha value is -2.16. The Morgan fingerprint density at radius 1 is 1.04 bits per heavy atom. The van der Waals surface area contributed by atoms with Crippen LogP contribution in [-0.4, -0.2) is 29.9 Å². The molecule has 0 saturated carbocycles. The maximum atomic E-state index is 12.0. The average Bonchev–Trinajstić information content (AvgIpc) is 2.71. The number of carbonyl (C=O) groups excluding carboxylic acids is 1. The van der Waals surface area contributed by atoms with Gasteiger partial charge in [0.15, 0.2) is 5.96 Å². The molecular weight excluding hydrogens is 465 g/mol. The third-order valence-electron chi connectivity index (χ3n) is 3.96. The van der Waals surface area contributed by atoms with Crippen LogP contribution in [0.2, 0.25) is 0 Å². The second-order valence-electron chi connectivity index (χ2n) is 6.18. The molecule has 0 bridgehead atoms. The van der Waals surface area contributed by atoms with Crippen molar-refractivity contribution < 1.29 is 4.79 Å². The highest BCUT2D eigenvalue weighted by atomic mass is 127. The van der Waals surface area contributed by atoms with Crippen molar-refractivity contribution in [3.05, 3.63) is 65.5 Å². The number of amides is 1. The van der Waals surface area contributed by atoms with E-state index in [1.165, 1.54) is 0 Å². The number of halogens is 1. The summed E-state index contributed by atoms with van der Waals surface area (Å²) in [6.07, 6.45) is 3.85. The fourth-order valence-corrected chi connectivity index (χ4v) is 2.43. The Bertz CT molecular complexity index is 719. The Kier molecular flexibility index (Phi) is 11.9. The van der Waals surface area contributed by atoms with Crippen molar-refractivity contribution in [3.8, 4) is 0 Å². The topological polar surface area (TPSA) is 78.4 Å². The van der Waals surface area contributed by atoms with Crippen LogP contribution in [0.25, 0.3) is 0 Å². The van der Waals surface area contributed by atoms with Crippen LogP contribution in [0.4, 0.5) is 0 Å². The Labute approximate surface area is 184 Å². The van der Waals surface area contributed by atoms with Crippen LogP contribution in [0.1, 0.15) is 48.3 Å². The summed E-state index contributed by atoms with van der Waals surface area (Å²) < 4.78 is 0. The molecule has 3 N–H and O–H groups in total. The van der Waals surface area contributed by atoms with Gasteiger partial charge in [-0.25, -0.2) is 4.99 Å². The van der Waals surface area contributed by atoms with Gasteiger partial charge in [-0.1, -0.05) is 31.5 Å². The molecule has 0 spiro atoms. The number of aliphatic imine (C=N–C) groups is 1. The van der Waals surface area contributed by atoms with Crippen LogP contribution in [0.15, 0.2) is 53.7 Å². The highest BCUT2D eigenvalue weighted by Gasteiger charge is 2.04. The lowest BCUT2D eigenvalue weighted by molar-refractivity contribution is 0.0953. The second-order valence-corrected chi connectivity index (χ2v) is 6.18. The van der Waals surface area contributed by atoms with Gasteiger partial charge in [0.25, 0.3) is 5.91 Å². The number of benzene rings is 1. The van der Waals surface area contributed by atoms with Crippen molar-refractivity contribution in [3.63, 3.8) is 0 Å². The number of hydrogen-bond donors (Lipinski definition) is 3. The van der Waals surface area contributed by atoms with Crippen molar-refractivity contribution in [1.82, 2.24) is 20.9 Å². The fraction of sp³-hybridized carbons (Fsp3) is 0.381. The van der Waals surface area contributed by atoms with Gasteiger partial charge in [0, 0.05) is 24.8 Å². The van der Waals surface area contributed by atoms with E-state index in [1.54, 1.807) is 6.20 Å².